The molecule has 0 unspecified atom stereocenters. The molecule has 1 aromatic carbocycles. The van der Waals surface area contributed by atoms with Crippen LogP contribution in [0.5, 0.6) is 5.75 Å². The number of hydrogen-bond donors (Lipinski definition) is 0. The maximum Gasteiger partial charge on any atom is 0.190 e. The second-order valence-electron chi connectivity index (χ2n) is 4.45. The summed E-state index contributed by atoms with van der Waals surface area (Å²) in [5.74, 6) is -1.78. The minimum absolute atomic E-state index is 0.0893. The van der Waals surface area contributed by atoms with E-state index in [1.165, 1.54) is 19.2 Å². The number of methoxy groups -OCH3 is 1. The summed E-state index contributed by atoms with van der Waals surface area (Å²) in [6, 6.07) is 2.53. The highest BCUT2D eigenvalue weighted by Crippen LogP contribution is 2.25. The van der Waals surface area contributed by atoms with Gasteiger partial charge in [-0.05, 0) is 26.8 Å². The van der Waals surface area contributed by atoms with Crippen molar-refractivity contribution in [3.63, 3.8) is 0 Å². The minimum Gasteiger partial charge on any atom is -0.491 e. The fourth-order valence-corrected chi connectivity index (χ4v) is 1.17. The fourth-order valence-electron chi connectivity index (χ4n) is 1.17. The standard InChI is InChI=1S/C12H16F2O2/c1-12(2,3)16-7-8-5-6-9(13)11(15-4)10(8)14/h5-6H,7H2,1-4H3. The van der Waals surface area contributed by atoms with Crippen molar-refractivity contribution in [3.8, 4) is 5.75 Å². The lowest BCUT2D eigenvalue weighted by Gasteiger charge is -2.20. The van der Waals surface area contributed by atoms with Crippen molar-refractivity contribution < 1.29 is 18.3 Å². The van der Waals surface area contributed by atoms with Crippen LogP contribution < -0.4 is 4.74 Å². The molecule has 0 saturated heterocycles. The fraction of sp³-hybridized carbons (Fsp3) is 0.500. The van der Waals surface area contributed by atoms with Crippen molar-refractivity contribution >= 4 is 0 Å². The summed E-state index contributed by atoms with van der Waals surface area (Å²) in [4.78, 5) is 0. The van der Waals surface area contributed by atoms with Gasteiger partial charge < -0.3 is 9.47 Å². The summed E-state index contributed by atoms with van der Waals surface area (Å²) in [7, 11) is 1.23. The maximum absolute atomic E-state index is 13.7. The molecule has 0 aliphatic heterocycles. The molecule has 0 aliphatic carbocycles. The van der Waals surface area contributed by atoms with E-state index in [2.05, 4.69) is 4.74 Å². The first-order valence-electron chi connectivity index (χ1n) is 5.00. The SMILES string of the molecule is COc1c(F)ccc(COC(C)(C)C)c1F. The highest BCUT2D eigenvalue weighted by atomic mass is 19.1. The van der Waals surface area contributed by atoms with E-state index in [9.17, 15) is 8.78 Å². The minimum atomic E-state index is -0.709. The molecule has 0 saturated carbocycles. The molecule has 90 valence electrons. The molecule has 0 amide bonds. The Kier molecular flexibility index (Phi) is 3.86. The predicted molar refractivity (Wildman–Crippen MR) is 57.5 cm³/mol. The number of halogens is 2. The van der Waals surface area contributed by atoms with Gasteiger partial charge >= 0.3 is 0 Å². The third-order valence-electron chi connectivity index (χ3n) is 1.99. The van der Waals surface area contributed by atoms with Crippen LogP contribution in [0.1, 0.15) is 26.3 Å². The largest absolute Gasteiger partial charge is 0.491 e. The number of benzene rings is 1. The van der Waals surface area contributed by atoms with Crippen LogP contribution in [0, 0.1) is 11.6 Å². The zero-order chi connectivity index (χ0) is 12.3. The van der Waals surface area contributed by atoms with Crippen molar-refractivity contribution in [2.24, 2.45) is 0 Å². The summed E-state index contributed by atoms with van der Waals surface area (Å²) in [6.45, 7) is 5.69. The van der Waals surface area contributed by atoms with Gasteiger partial charge in [0.1, 0.15) is 0 Å². The molecule has 0 radical (unpaired) electrons. The van der Waals surface area contributed by atoms with E-state index < -0.39 is 11.6 Å². The highest BCUT2D eigenvalue weighted by Gasteiger charge is 2.16. The predicted octanol–water partition coefficient (Wildman–Crippen LogP) is 3.29. The summed E-state index contributed by atoms with van der Waals surface area (Å²) in [6.07, 6.45) is 0. The lowest BCUT2D eigenvalue weighted by atomic mass is 10.1. The highest BCUT2D eigenvalue weighted by molar-refractivity contribution is 5.32. The van der Waals surface area contributed by atoms with Crippen LogP contribution in [0.15, 0.2) is 12.1 Å². The Labute approximate surface area is 94.2 Å². The average molecular weight is 230 g/mol. The van der Waals surface area contributed by atoms with E-state index in [-0.39, 0.29) is 23.5 Å². The normalized spacial score (nSPS) is 11.6. The Balaban J connectivity index is 2.90. The van der Waals surface area contributed by atoms with Crippen LogP contribution in [0.3, 0.4) is 0 Å². The summed E-state index contributed by atoms with van der Waals surface area (Å²) in [5.41, 5.74) is -0.0817. The topological polar surface area (TPSA) is 18.5 Å². The average Bonchev–Trinajstić information content (AvgIpc) is 2.16. The van der Waals surface area contributed by atoms with Crippen LogP contribution in [0.25, 0.3) is 0 Å². The van der Waals surface area contributed by atoms with Crippen molar-refractivity contribution in [1.29, 1.82) is 0 Å². The van der Waals surface area contributed by atoms with Gasteiger partial charge in [0, 0.05) is 5.56 Å². The first-order valence-corrected chi connectivity index (χ1v) is 5.00. The monoisotopic (exact) mass is 230 g/mol. The summed E-state index contributed by atoms with van der Waals surface area (Å²) in [5, 5.41) is 0. The van der Waals surface area contributed by atoms with Crippen molar-refractivity contribution in [1.82, 2.24) is 0 Å². The first-order chi connectivity index (χ1) is 7.35. The van der Waals surface area contributed by atoms with Gasteiger partial charge in [-0.3, -0.25) is 0 Å². The maximum atomic E-state index is 13.7. The third-order valence-corrected chi connectivity index (χ3v) is 1.99. The first kappa shape index (κ1) is 12.9. The molecule has 16 heavy (non-hydrogen) atoms. The molecule has 4 heteroatoms. The van der Waals surface area contributed by atoms with Gasteiger partial charge in [-0.15, -0.1) is 0 Å². The second-order valence-corrected chi connectivity index (χ2v) is 4.45. The smallest absolute Gasteiger partial charge is 0.190 e. The van der Waals surface area contributed by atoms with E-state index in [4.69, 9.17) is 4.74 Å². The second kappa shape index (κ2) is 4.78. The molecule has 0 fully saturated rings. The third kappa shape index (κ3) is 3.17. The summed E-state index contributed by atoms with van der Waals surface area (Å²) < 4.78 is 36.8. The van der Waals surface area contributed by atoms with Crippen LogP contribution in [0.4, 0.5) is 8.78 Å². The molecular weight excluding hydrogens is 214 g/mol. The molecule has 2 nitrogen and oxygen atoms in total. The van der Waals surface area contributed by atoms with Gasteiger partial charge in [-0.25, -0.2) is 8.78 Å². The van der Waals surface area contributed by atoms with Crippen LogP contribution in [-0.4, -0.2) is 12.7 Å². The molecular formula is C12H16F2O2. The molecule has 0 bridgehead atoms. The van der Waals surface area contributed by atoms with Gasteiger partial charge in [0.25, 0.3) is 0 Å². The zero-order valence-electron chi connectivity index (χ0n) is 9.93. The number of ether oxygens (including phenoxy) is 2. The molecule has 0 N–H and O–H groups in total. The van der Waals surface area contributed by atoms with E-state index >= 15 is 0 Å². The zero-order valence-corrected chi connectivity index (χ0v) is 9.93. The van der Waals surface area contributed by atoms with Crippen LogP contribution >= 0.6 is 0 Å². The van der Waals surface area contributed by atoms with E-state index in [0.29, 0.717) is 0 Å². The van der Waals surface area contributed by atoms with Crippen LogP contribution in [-0.2, 0) is 11.3 Å². The van der Waals surface area contributed by atoms with Gasteiger partial charge in [-0.1, -0.05) is 6.07 Å². The van der Waals surface area contributed by atoms with Crippen molar-refractivity contribution in [2.45, 2.75) is 33.0 Å². The molecule has 0 aromatic heterocycles. The molecule has 0 heterocycles. The number of rotatable bonds is 3. The van der Waals surface area contributed by atoms with Gasteiger partial charge in [0.05, 0.1) is 19.3 Å². The lowest BCUT2D eigenvalue weighted by molar-refractivity contribution is -0.0162. The Morgan fingerprint density at radius 2 is 1.81 bits per heavy atom. The van der Waals surface area contributed by atoms with E-state index in [1.54, 1.807) is 0 Å². The molecule has 1 rings (SSSR count). The lowest BCUT2D eigenvalue weighted by Crippen LogP contribution is -2.19. The van der Waals surface area contributed by atoms with E-state index in [0.717, 1.165) is 0 Å². The number of hydrogen-bond acceptors (Lipinski definition) is 2. The van der Waals surface area contributed by atoms with Gasteiger partial charge in [-0.2, -0.15) is 0 Å². The summed E-state index contributed by atoms with van der Waals surface area (Å²) >= 11 is 0. The quantitative estimate of drug-likeness (QED) is 0.793. The Bertz CT molecular complexity index is 370. The molecule has 0 spiro atoms. The van der Waals surface area contributed by atoms with Gasteiger partial charge in [0.15, 0.2) is 17.4 Å². The Morgan fingerprint density at radius 1 is 1.19 bits per heavy atom. The Hall–Kier alpha value is -1.16. The van der Waals surface area contributed by atoms with Crippen LogP contribution in [0.2, 0.25) is 0 Å². The van der Waals surface area contributed by atoms with Crippen molar-refractivity contribution in [3.05, 3.63) is 29.3 Å². The van der Waals surface area contributed by atoms with E-state index in [1.807, 2.05) is 20.8 Å². The molecule has 0 aliphatic rings. The molecule has 1 aromatic rings. The Morgan fingerprint density at radius 3 is 2.31 bits per heavy atom. The van der Waals surface area contributed by atoms with Gasteiger partial charge in [0.2, 0.25) is 0 Å². The van der Waals surface area contributed by atoms with Crippen molar-refractivity contribution in [2.75, 3.05) is 7.11 Å². The molecule has 0 atom stereocenters.